The molecule has 0 aliphatic carbocycles. The van der Waals surface area contributed by atoms with Crippen LogP contribution in [0.15, 0.2) is 109 Å². The largest absolute Gasteiger partial charge is 0.496 e. The first-order chi connectivity index (χ1) is 28.3. The standard InChI is InChI=1S/C44H48N2O12/c1-50-30-56-42-26-45(44(47)58-37-13-8-10-31(23-37)28-57-46(48)49)25-41(55-27-32-22-34-11-4-6-14-38(34)40(24-32)52-3)43(42)33-16-18-36(19-17-33)54-21-9-20-53-29-35-12-5-7-15-39(35)51-2/h4-8,10-19,22-24,41-43H,9,20-21,25-30H2,1-3H3. The Bertz CT molecular complexity index is 2100. The van der Waals surface area contributed by atoms with Gasteiger partial charge < -0.3 is 47.6 Å². The van der Waals surface area contributed by atoms with Crippen molar-refractivity contribution in [3.05, 3.63) is 142 Å². The molecular weight excluding hydrogens is 748 g/mol. The Kier molecular flexibility index (Phi) is 15.1. The van der Waals surface area contributed by atoms with Gasteiger partial charge in [0.1, 0.15) is 36.4 Å². The highest BCUT2D eigenvalue weighted by atomic mass is 16.9. The van der Waals surface area contributed by atoms with Gasteiger partial charge in [0.05, 0.1) is 65.9 Å². The van der Waals surface area contributed by atoms with Gasteiger partial charge in [-0.1, -0.05) is 66.7 Å². The molecule has 14 heteroatoms. The number of ether oxygens (including phenoxy) is 8. The van der Waals surface area contributed by atoms with E-state index in [1.807, 2.05) is 78.9 Å². The number of carbonyl (C=O) groups is 1. The highest BCUT2D eigenvalue weighted by Gasteiger charge is 2.42. The van der Waals surface area contributed by atoms with Crippen molar-refractivity contribution in [2.45, 2.75) is 44.4 Å². The van der Waals surface area contributed by atoms with Crippen molar-refractivity contribution < 1.29 is 52.6 Å². The molecule has 1 aliphatic rings. The van der Waals surface area contributed by atoms with Crippen LogP contribution in [0.3, 0.4) is 0 Å². The lowest BCUT2D eigenvalue weighted by Gasteiger charge is -2.43. The number of hydrogen-bond donors (Lipinski definition) is 0. The first-order valence-electron chi connectivity index (χ1n) is 18.9. The van der Waals surface area contributed by atoms with Crippen LogP contribution in [0, 0.1) is 10.1 Å². The second kappa shape index (κ2) is 21.0. The molecule has 0 aromatic heterocycles. The van der Waals surface area contributed by atoms with E-state index in [2.05, 4.69) is 10.9 Å². The average Bonchev–Trinajstić information content (AvgIpc) is 3.25. The molecule has 0 radical (unpaired) electrons. The number of likely N-dealkylation sites (tertiary alicyclic amines) is 1. The molecule has 5 aromatic carbocycles. The Morgan fingerprint density at radius 3 is 2.28 bits per heavy atom. The lowest BCUT2D eigenvalue weighted by molar-refractivity contribution is -0.763. The summed E-state index contributed by atoms with van der Waals surface area (Å²) in [6.45, 7) is 1.73. The number of amides is 1. The molecule has 5 aromatic rings. The van der Waals surface area contributed by atoms with E-state index in [4.69, 9.17) is 37.9 Å². The summed E-state index contributed by atoms with van der Waals surface area (Å²) < 4.78 is 47.1. The Morgan fingerprint density at radius 2 is 1.50 bits per heavy atom. The summed E-state index contributed by atoms with van der Waals surface area (Å²) in [4.78, 5) is 30.5. The molecule has 0 spiro atoms. The number of benzene rings is 5. The molecule has 1 saturated heterocycles. The zero-order chi connectivity index (χ0) is 40.7. The fourth-order valence-corrected chi connectivity index (χ4v) is 6.95. The van der Waals surface area contributed by atoms with E-state index in [-0.39, 0.29) is 44.8 Å². The maximum absolute atomic E-state index is 13.7. The molecule has 0 saturated carbocycles. The molecule has 14 nitrogen and oxygen atoms in total. The van der Waals surface area contributed by atoms with Crippen molar-refractivity contribution in [3.8, 4) is 23.0 Å². The molecular formula is C44H48N2O12. The van der Waals surface area contributed by atoms with Gasteiger partial charge >= 0.3 is 6.09 Å². The lowest BCUT2D eigenvalue weighted by Crippen LogP contribution is -2.55. The summed E-state index contributed by atoms with van der Waals surface area (Å²) in [5.74, 6) is 2.13. The second-order valence-corrected chi connectivity index (χ2v) is 13.6. The summed E-state index contributed by atoms with van der Waals surface area (Å²) in [5.41, 5.74) is 3.29. The van der Waals surface area contributed by atoms with Gasteiger partial charge in [-0.05, 0) is 64.5 Å². The van der Waals surface area contributed by atoms with E-state index < -0.39 is 23.4 Å². The van der Waals surface area contributed by atoms with Crippen molar-refractivity contribution in [1.29, 1.82) is 0 Å². The van der Waals surface area contributed by atoms with E-state index in [0.717, 1.165) is 39.0 Å². The number of piperidine rings is 1. The van der Waals surface area contributed by atoms with Gasteiger partial charge in [0.15, 0.2) is 0 Å². The van der Waals surface area contributed by atoms with Crippen molar-refractivity contribution in [3.63, 3.8) is 0 Å². The smallest absolute Gasteiger partial charge is 0.415 e. The highest BCUT2D eigenvalue weighted by molar-refractivity contribution is 5.89. The number of carbonyl (C=O) groups excluding carboxylic acids is 1. The maximum Gasteiger partial charge on any atom is 0.415 e. The third kappa shape index (κ3) is 11.3. The molecule has 0 N–H and O–H groups in total. The normalized spacial score (nSPS) is 16.5. The van der Waals surface area contributed by atoms with E-state index in [1.165, 1.54) is 18.1 Å². The number of hydrogen-bond acceptors (Lipinski definition) is 12. The molecule has 0 bridgehead atoms. The van der Waals surface area contributed by atoms with Crippen molar-refractivity contribution in [2.24, 2.45) is 0 Å². The first kappa shape index (κ1) is 41.7. The van der Waals surface area contributed by atoms with Gasteiger partial charge in [0, 0.05) is 30.4 Å². The monoisotopic (exact) mass is 796 g/mol. The Balaban J connectivity index is 1.17. The molecule has 3 atom stereocenters. The van der Waals surface area contributed by atoms with Crippen LogP contribution in [-0.4, -0.2) is 82.7 Å². The maximum atomic E-state index is 13.7. The van der Waals surface area contributed by atoms with Crippen LogP contribution in [0.2, 0.25) is 0 Å². The Hall–Kier alpha value is -5.93. The number of fused-ring (bicyclic) bond motifs is 1. The molecule has 3 unspecified atom stereocenters. The van der Waals surface area contributed by atoms with E-state index in [1.54, 1.807) is 32.4 Å². The van der Waals surface area contributed by atoms with Crippen LogP contribution in [0.25, 0.3) is 10.8 Å². The first-order valence-corrected chi connectivity index (χ1v) is 18.9. The van der Waals surface area contributed by atoms with Crippen molar-refractivity contribution >= 4 is 16.9 Å². The average molecular weight is 797 g/mol. The summed E-state index contributed by atoms with van der Waals surface area (Å²) in [6.07, 6.45) is -1.03. The Morgan fingerprint density at radius 1 is 0.741 bits per heavy atom. The fraction of sp³-hybridized carbons (Fsp3) is 0.341. The number of rotatable bonds is 20. The Labute approximate surface area is 337 Å². The minimum absolute atomic E-state index is 0.0164. The van der Waals surface area contributed by atoms with Gasteiger partial charge in [-0.25, -0.2) is 4.79 Å². The van der Waals surface area contributed by atoms with Gasteiger partial charge in [0.2, 0.25) is 0 Å². The number of methoxy groups -OCH3 is 3. The van der Waals surface area contributed by atoms with E-state index in [9.17, 15) is 14.9 Å². The van der Waals surface area contributed by atoms with E-state index in [0.29, 0.717) is 37.6 Å². The van der Waals surface area contributed by atoms with Gasteiger partial charge in [0.25, 0.3) is 5.09 Å². The van der Waals surface area contributed by atoms with Crippen LogP contribution in [0.1, 0.15) is 34.6 Å². The molecule has 1 aliphatic heterocycles. The molecule has 1 heterocycles. The third-order valence-electron chi connectivity index (χ3n) is 9.68. The van der Waals surface area contributed by atoms with Gasteiger partial charge in [-0.15, -0.1) is 10.1 Å². The predicted octanol–water partition coefficient (Wildman–Crippen LogP) is 7.72. The highest BCUT2D eigenvalue weighted by Crippen LogP contribution is 2.36. The number of para-hydroxylation sites is 1. The lowest BCUT2D eigenvalue weighted by atomic mass is 9.84. The minimum atomic E-state index is -0.874. The number of nitrogens with zero attached hydrogens (tertiary/aromatic N) is 2. The van der Waals surface area contributed by atoms with Crippen LogP contribution < -0.4 is 18.9 Å². The van der Waals surface area contributed by atoms with Gasteiger partial charge in [-0.2, -0.15) is 0 Å². The van der Waals surface area contributed by atoms with Crippen LogP contribution in [-0.2, 0) is 43.6 Å². The second-order valence-electron chi connectivity index (χ2n) is 13.6. The quantitative estimate of drug-likeness (QED) is 0.0329. The zero-order valence-electron chi connectivity index (χ0n) is 32.8. The molecule has 306 valence electrons. The SMILES string of the molecule is COCOC1CN(C(=O)Oc2cccc(CO[N+](=O)[O-])c2)CC(OCc2cc(OC)c3ccccc3c2)C1c1ccc(OCCCOCc2ccccc2OC)cc1. The summed E-state index contributed by atoms with van der Waals surface area (Å²) in [7, 11) is 4.82. The molecule has 58 heavy (non-hydrogen) atoms. The fourth-order valence-electron chi connectivity index (χ4n) is 6.95. The molecule has 1 amide bonds. The summed E-state index contributed by atoms with van der Waals surface area (Å²) in [6, 6.07) is 34.0. The van der Waals surface area contributed by atoms with Crippen molar-refractivity contribution in [1.82, 2.24) is 4.90 Å². The van der Waals surface area contributed by atoms with E-state index >= 15 is 0 Å². The van der Waals surface area contributed by atoms with Crippen LogP contribution in [0.4, 0.5) is 4.79 Å². The summed E-state index contributed by atoms with van der Waals surface area (Å²) in [5, 5.41) is 11.8. The third-order valence-corrected chi connectivity index (χ3v) is 9.68. The predicted molar refractivity (Wildman–Crippen MR) is 214 cm³/mol. The molecule has 1 fully saturated rings. The van der Waals surface area contributed by atoms with Crippen molar-refractivity contribution in [2.75, 3.05) is 54.4 Å². The summed E-state index contributed by atoms with van der Waals surface area (Å²) >= 11 is 0. The van der Waals surface area contributed by atoms with Crippen LogP contribution in [0.5, 0.6) is 23.0 Å². The van der Waals surface area contributed by atoms with Gasteiger partial charge in [-0.3, -0.25) is 0 Å². The van der Waals surface area contributed by atoms with Crippen LogP contribution >= 0.6 is 0 Å². The molecule has 6 rings (SSSR count). The topological polar surface area (TPSA) is 147 Å². The minimum Gasteiger partial charge on any atom is -0.496 e. The zero-order valence-corrected chi connectivity index (χ0v) is 32.8.